The van der Waals surface area contributed by atoms with E-state index in [9.17, 15) is 4.39 Å². The lowest BCUT2D eigenvalue weighted by atomic mass is 10.3. The van der Waals surface area contributed by atoms with Crippen LogP contribution < -0.4 is 0 Å². The van der Waals surface area contributed by atoms with Gasteiger partial charge in [-0.1, -0.05) is 11.6 Å². The Morgan fingerprint density at radius 1 is 1.45 bits per heavy atom. The summed E-state index contributed by atoms with van der Waals surface area (Å²) in [6.45, 7) is 0. The third-order valence-corrected chi connectivity index (χ3v) is 2.67. The van der Waals surface area contributed by atoms with Crippen LogP contribution in [0.3, 0.4) is 0 Å². The SMILES string of the molecule is Fc1ccc(Cl)c2scnc12. The average molecular weight is 188 g/mol. The molecule has 2 aromatic rings. The van der Waals surface area contributed by atoms with E-state index in [4.69, 9.17) is 11.6 Å². The van der Waals surface area contributed by atoms with Crippen LogP contribution in [0, 0.1) is 5.82 Å². The van der Waals surface area contributed by atoms with Crippen molar-refractivity contribution in [2.24, 2.45) is 0 Å². The van der Waals surface area contributed by atoms with E-state index in [0.717, 1.165) is 0 Å². The van der Waals surface area contributed by atoms with Gasteiger partial charge in [0.05, 0.1) is 15.2 Å². The van der Waals surface area contributed by atoms with Crippen LogP contribution in [0.25, 0.3) is 10.2 Å². The highest BCUT2D eigenvalue weighted by Gasteiger charge is 2.05. The monoisotopic (exact) mass is 187 g/mol. The Morgan fingerprint density at radius 3 is 3.00 bits per heavy atom. The first kappa shape index (κ1) is 7.00. The molecule has 0 aliphatic rings. The van der Waals surface area contributed by atoms with Crippen LogP contribution >= 0.6 is 22.9 Å². The van der Waals surface area contributed by atoms with E-state index in [1.807, 2.05) is 0 Å². The van der Waals surface area contributed by atoms with E-state index >= 15 is 0 Å². The molecule has 0 bridgehead atoms. The highest BCUT2D eigenvalue weighted by molar-refractivity contribution is 7.17. The van der Waals surface area contributed by atoms with Crippen molar-refractivity contribution in [3.05, 3.63) is 28.5 Å². The van der Waals surface area contributed by atoms with Gasteiger partial charge in [-0.2, -0.15) is 0 Å². The lowest BCUT2D eigenvalue weighted by Gasteiger charge is -1.91. The molecule has 0 saturated heterocycles. The molecule has 0 unspecified atom stereocenters. The molecule has 0 atom stereocenters. The molecule has 1 nitrogen and oxygen atoms in total. The summed E-state index contributed by atoms with van der Waals surface area (Å²) in [5.74, 6) is -0.314. The Labute approximate surface area is 71.4 Å². The molecule has 0 spiro atoms. The Balaban J connectivity index is 2.96. The number of halogens is 2. The van der Waals surface area contributed by atoms with E-state index in [2.05, 4.69) is 4.98 Å². The Hall–Kier alpha value is -0.670. The zero-order chi connectivity index (χ0) is 7.84. The lowest BCUT2D eigenvalue weighted by molar-refractivity contribution is 0.637. The smallest absolute Gasteiger partial charge is 0.150 e. The van der Waals surface area contributed by atoms with Crippen molar-refractivity contribution in [3.8, 4) is 0 Å². The van der Waals surface area contributed by atoms with Crippen LogP contribution in [0.15, 0.2) is 17.6 Å². The summed E-state index contributed by atoms with van der Waals surface area (Å²) in [5, 5.41) is 0.559. The van der Waals surface area contributed by atoms with Gasteiger partial charge in [-0.05, 0) is 12.1 Å². The molecular weight excluding hydrogens is 185 g/mol. The predicted molar refractivity (Wildman–Crippen MR) is 44.6 cm³/mol. The van der Waals surface area contributed by atoms with E-state index in [0.29, 0.717) is 15.2 Å². The van der Waals surface area contributed by atoms with Crippen LogP contribution in [0.1, 0.15) is 0 Å². The summed E-state index contributed by atoms with van der Waals surface area (Å²) < 4.78 is 13.6. The number of aromatic nitrogens is 1. The topological polar surface area (TPSA) is 12.9 Å². The second kappa shape index (κ2) is 2.43. The summed E-state index contributed by atoms with van der Waals surface area (Å²) in [5.41, 5.74) is 1.95. The maximum absolute atomic E-state index is 12.9. The van der Waals surface area contributed by atoms with Gasteiger partial charge in [-0.15, -0.1) is 11.3 Å². The number of rotatable bonds is 0. The fourth-order valence-corrected chi connectivity index (χ4v) is 1.88. The van der Waals surface area contributed by atoms with Crippen LogP contribution in [-0.2, 0) is 0 Å². The van der Waals surface area contributed by atoms with Crippen molar-refractivity contribution in [2.75, 3.05) is 0 Å². The molecule has 0 radical (unpaired) electrons. The first-order valence-electron chi connectivity index (χ1n) is 2.96. The molecule has 11 heavy (non-hydrogen) atoms. The van der Waals surface area contributed by atoms with Crippen LogP contribution in [0.2, 0.25) is 5.02 Å². The van der Waals surface area contributed by atoms with Gasteiger partial charge in [0, 0.05) is 0 Å². The van der Waals surface area contributed by atoms with Gasteiger partial charge in [-0.3, -0.25) is 0 Å². The Bertz CT molecular complexity index is 362. The summed E-state index contributed by atoms with van der Waals surface area (Å²) >= 11 is 7.12. The fraction of sp³-hybridized carbons (Fsp3) is 0. The van der Waals surface area contributed by atoms with E-state index in [1.54, 1.807) is 5.51 Å². The molecule has 0 aliphatic heterocycles. The molecule has 0 aliphatic carbocycles. The third kappa shape index (κ3) is 1.01. The Morgan fingerprint density at radius 2 is 2.27 bits per heavy atom. The van der Waals surface area contributed by atoms with Crippen molar-refractivity contribution in [1.82, 2.24) is 4.98 Å². The number of hydrogen-bond donors (Lipinski definition) is 0. The van der Waals surface area contributed by atoms with Gasteiger partial charge in [0.1, 0.15) is 11.3 Å². The molecule has 56 valence electrons. The highest BCUT2D eigenvalue weighted by atomic mass is 35.5. The van der Waals surface area contributed by atoms with E-state index in [-0.39, 0.29) is 5.82 Å². The number of thiazole rings is 1. The number of benzene rings is 1. The highest BCUT2D eigenvalue weighted by Crippen LogP contribution is 2.27. The summed E-state index contributed by atoms with van der Waals surface area (Å²) in [6, 6.07) is 2.86. The second-order valence-corrected chi connectivity index (χ2v) is 3.32. The lowest BCUT2D eigenvalue weighted by Crippen LogP contribution is -1.76. The first-order chi connectivity index (χ1) is 5.29. The normalized spacial score (nSPS) is 10.7. The van der Waals surface area contributed by atoms with Crippen molar-refractivity contribution in [2.45, 2.75) is 0 Å². The molecule has 4 heteroatoms. The predicted octanol–water partition coefficient (Wildman–Crippen LogP) is 3.09. The van der Waals surface area contributed by atoms with E-state index in [1.165, 1.54) is 23.5 Å². The number of hydrogen-bond acceptors (Lipinski definition) is 2. The zero-order valence-electron chi connectivity index (χ0n) is 5.34. The van der Waals surface area contributed by atoms with Gasteiger partial charge in [0.2, 0.25) is 0 Å². The van der Waals surface area contributed by atoms with Gasteiger partial charge in [-0.25, -0.2) is 9.37 Å². The summed E-state index contributed by atoms with van der Waals surface area (Å²) in [7, 11) is 0. The first-order valence-corrected chi connectivity index (χ1v) is 4.22. The fourth-order valence-electron chi connectivity index (χ4n) is 0.887. The molecule has 1 aromatic heterocycles. The maximum atomic E-state index is 12.9. The average Bonchev–Trinajstić information content (AvgIpc) is 2.45. The summed E-state index contributed by atoms with van der Waals surface area (Å²) in [4.78, 5) is 3.84. The minimum absolute atomic E-state index is 0.314. The third-order valence-electron chi connectivity index (χ3n) is 1.39. The van der Waals surface area contributed by atoms with Crippen molar-refractivity contribution < 1.29 is 4.39 Å². The van der Waals surface area contributed by atoms with Crippen molar-refractivity contribution >= 4 is 33.2 Å². The molecule has 0 N–H and O–H groups in total. The van der Waals surface area contributed by atoms with Gasteiger partial charge in [0.25, 0.3) is 0 Å². The molecule has 0 fully saturated rings. The largest absolute Gasteiger partial charge is 0.242 e. The molecule has 1 aromatic carbocycles. The number of nitrogens with zero attached hydrogens (tertiary/aromatic N) is 1. The minimum Gasteiger partial charge on any atom is -0.242 e. The van der Waals surface area contributed by atoms with Crippen LogP contribution in [0.5, 0.6) is 0 Å². The molecular formula is C7H3ClFNS. The van der Waals surface area contributed by atoms with Gasteiger partial charge in [0.15, 0.2) is 0 Å². The van der Waals surface area contributed by atoms with Gasteiger partial charge < -0.3 is 0 Å². The number of fused-ring (bicyclic) bond motifs is 1. The standard InChI is InChI=1S/C7H3ClFNS/c8-4-1-2-5(9)6-7(4)11-3-10-6/h1-3H. The van der Waals surface area contributed by atoms with Crippen LogP contribution in [0.4, 0.5) is 4.39 Å². The molecule has 2 rings (SSSR count). The van der Waals surface area contributed by atoms with E-state index < -0.39 is 0 Å². The molecule has 0 saturated carbocycles. The Kier molecular flexibility index (Phi) is 1.55. The van der Waals surface area contributed by atoms with Crippen LogP contribution in [-0.4, -0.2) is 4.98 Å². The minimum atomic E-state index is -0.314. The zero-order valence-corrected chi connectivity index (χ0v) is 6.92. The molecule has 1 heterocycles. The quantitative estimate of drug-likeness (QED) is 0.618. The molecule has 0 amide bonds. The van der Waals surface area contributed by atoms with Crippen molar-refractivity contribution in [3.63, 3.8) is 0 Å². The second-order valence-electron chi connectivity index (χ2n) is 2.06. The van der Waals surface area contributed by atoms with Gasteiger partial charge >= 0.3 is 0 Å². The van der Waals surface area contributed by atoms with Crippen molar-refractivity contribution in [1.29, 1.82) is 0 Å². The maximum Gasteiger partial charge on any atom is 0.150 e. The summed E-state index contributed by atoms with van der Waals surface area (Å²) in [6.07, 6.45) is 0.